The second kappa shape index (κ2) is 5.95. The molecule has 0 heterocycles. The molecule has 0 aliphatic carbocycles. The number of nitro benzene ring substituents is 1. The minimum Gasteiger partial charge on any atom is -0.308 e. The Morgan fingerprint density at radius 3 is 2.33 bits per heavy atom. The average molecular weight is 293 g/mol. The molecule has 2 rings (SSSR count). The molecular weight excluding hydrogens is 284 g/mol. The molecule has 2 aromatic rings. The van der Waals surface area contributed by atoms with Gasteiger partial charge in [-0.05, 0) is 30.3 Å². The molecule has 0 bridgehead atoms. The number of nitrogens with zero attached hydrogens (tertiary/aromatic N) is 1. The molecule has 0 unspecified atom stereocenters. The van der Waals surface area contributed by atoms with Crippen molar-refractivity contribution in [3.63, 3.8) is 0 Å². The quantitative estimate of drug-likeness (QED) is 0.670. The Labute approximate surface area is 117 Å². The van der Waals surface area contributed by atoms with E-state index in [0.717, 1.165) is 30.3 Å². The number of amides is 2. The molecule has 0 saturated heterocycles. The molecule has 0 aromatic heterocycles. The van der Waals surface area contributed by atoms with Gasteiger partial charge in [-0.1, -0.05) is 0 Å². The number of hydrogen-bond acceptors (Lipinski definition) is 3. The molecule has 2 aromatic carbocycles. The SMILES string of the molecule is O=C(Nc1ccc(F)cc1)Nc1cc([N+](=O)[O-])ccc1F. The number of hydrogen-bond donors (Lipinski definition) is 2. The number of benzene rings is 2. The van der Waals surface area contributed by atoms with Crippen LogP contribution in [0.2, 0.25) is 0 Å². The second-order valence-corrected chi connectivity index (χ2v) is 4.01. The van der Waals surface area contributed by atoms with E-state index < -0.39 is 22.6 Å². The Bertz CT molecular complexity index is 690. The van der Waals surface area contributed by atoms with Crippen LogP contribution in [-0.2, 0) is 0 Å². The maximum Gasteiger partial charge on any atom is 0.323 e. The van der Waals surface area contributed by atoms with Gasteiger partial charge in [-0.15, -0.1) is 0 Å². The molecule has 0 radical (unpaired) electrons. The number of nitrogens with one attached hydrogen (secondary N) is 2. The number of halogens is 2. The topological polar surface area (TPSA) is 84.3 Å². The van der Waals surface area contributed by atoms with E-state index in [1.807, 2.05) is 0 Å². The Morgan fingerprint density at radius 1 is 1.05 bits per heavy atom. The lowest BCUT2D eigenvalue weighted by molar-refractivity contribution is -0.384. The smallest absolute Gasteiger partial charge is 0.308 e. The van der Waals surface area contributed by atoms with Crippen LogP contribution in [0.15, 0.2) is 42.5 Å². The third-order valence-corrected chi connectivity index (χ3v) is 2.51. The van der Waals surface area contributed by atoms with Gasteiger partial charge in [0.2, 0.25) is 0 Å². The van der Waals surface area contributed by atoms with Crippen molar-refractivity contribution in [2.24, 2.45) is 0 Å². The highest BCUT2D eigenvalue weighted by atomic mass is 19.1. The summed E-state index contributed by atoms with van der Waals surface area (Å²) in [6, 6.07) is 6.88. The van der Waals surface area contributed by atoms with Crippen LogP contribution in [0.3, 0.4) is 0 Å². The van der Waals surface area contributed by atoms with E-state index in [0.29, 0.717) is 5.69 Å². The molecular formula is C13H9F2N3O3. The summed E-state index contributed by atoms with van der Waals surface area (Å²) in [6.07, 6.45) is 0. The molecule has 6 nitrogen and oxygen atoms in total. The molecule has 2 amide bonds. The summed E-state index contributed by atoms with van der Waals surface area (Å²) in [7, 11) is 0. The molecule has 0 atom stereocenters. The van der Waals surface area contributed by atoms with Crippen LogP contribution in [0.1, 0.15) is 0 Å². The number of urea groups is 1. The predicted molar refractivity (Wildman–Crippen MR) is 72.1 cm³/mol. The standard InChI is InChI=1S/C13H9F2N3O3/c14-8-1-3-9(4-2-8)16-13(19)17-12-7-10(18(20)21)5-6-11(12)15/h1-7H,(H2,16,17,19). The van der Waals surface area contributed by atoms with Gasteiger partial charge < -0.3 is 10.6 Å². The van der Waals surface area contributed by atoms with Gasteiger partial charge in [0.15, 0.2) is 0 Å². The van der Waals surface area contributed by atoms with Crippen molar-refractivity contribution in [2.75, 3.05) is 10.6 Å². The van der Waals surface area contributed by atoms with Gasteiger partial charge in [-0.2, -0.15) is 0 Å². The Kier molecular flexibility index (Phi) is 4.07. The van der Waals surface area contributed by atoms with Crippen LogP contribution < -0.4 is 10.6 Å². The summed E-state index contributed by atoms with van der Waals surface area (Å²) < 4.78 is 26.2. The van der Waals surface area contributed by atoms with E-state index in [1.165, 1.54) is 12.1 Å². The van der Waals surface area contributed by atoms with Gasteiger partial charge >= 0.3 is 6.03 Å². The number of anilines is 2. The lowest BCUT2D eigenvalue weighted by Gasteiger charge is -2.08. The molecule has 8 heteroatoms. The third-order valence-electron chi connectivity index (χ3n) is 2.51. The minimum atomic E-state index is -0.810. The van der Waals surface area contributed by atoms with Crippen molar-refractivity contribution in [1.29, 1.82) is 0 Å². The summed E-state index contributed by atoms with van der Waals surface area (Å²) >= 11 is 0. The first-order valence-corrected chi connectivity index (χ1v) is 5.73. The van der Waals surface area contributed by atoms with Crippen molar-refractivity contribution >= 4 is 23.1 Å². The van der Waals surface area contributed by atoms with Crippen LogP contribution in [0.5, 0.6) is 0 Å². The zero-order valence-corrected chi connectivity index (χ0v) is 10.5. The largest absolute Gasteiger partial charge is 0.323 e. The van der Waals surface area contributed by atoms with Crippen molar-refractivity contribution in [2.45, 2.75) is 0 Å². The number of rotatable bonds is 3. The lowest BCUT2D eigenvalue weighted by atomic mass is 10.2. The van der Waals surface area contributed by atoms with E-state index in [-0.39, 0.29) is 11.4 Å². The average Bonchev–Trinajstić information content (AvgIpc) is 2.43. The Balaban J connectivity index is 2.10. The van der Waals surface area contributed by atoms with E-state index >= 15 is 0 Å². The van der Waals surface area contributed by atoms with E-state index in [1.54, 1.807) is 0 Å². The molecule has 108 valence electrons. The molecule has 0 saturated carbocycles. The minimum absolute atomic E-state index is 0.291. The fourth-order valence-corrected chi connectivity index (χ4v) is 1.54. The highest BCUT2D eigenvalue weighted by Crippen LogP contribution is 2.21. The number of carbonyl (C=O) groups excluding carboxylic acids is 1. The van der Waals surface area contributed by atoms with Crippen LogP contribution in [-0.4, -0.2) is 11.0 Å². The number of nitro groups is 1. The Morgan fingerprint density at radius 2 is 1.71 bits per heavy atom. The van der Waals surface area contributed by atoms with E-state index in [2.05, 4.69) is 10.6 Å². The Hall–Kier alpha value is -3.03. The number of carbonyl (C=O) groups is 1. The van der Waals surface area contributed by atoms with Gasteiger partial charge in [-0.25, -0.2) is 13.6 Å². The molecule has 0 spiro atoms. The first-order valence-electron chi connectivity index (χ1n) is 5.73. The summed E-state index contributed by atoms with van der Waals surface area (Å²) in [4.78, 5) is 21.5. The second-order valence-electron chi connectivity index (χ2n) is 4.01. The summed E-state index contributed by atoms with van der Waals surface area (Å²) in [5.41, 5.74) is -0.392. The molecule has 21 heavy (non-hydrogen) atoms. The van der Waals surface area contributed by atoms with Crippen LogP contribution in [0.25, 0.3) is 0 Å². The molecule has 2 N–H and O–H groups in total. The summed E-state index contributed by atoms with van der Waals surface area (Å²) in [5.74, 6) is -1.28. The highest BCUT2D eigenvalue weighted by molar-refractivity contribution is 5.99. The van der Waals surface area contributed by atoms with Crippen LogP contribution >= 0.6 is 0 Å². The van der Waals surface area contributed by atoms with Crippen molar-refractivity contribution < 1.29 is 18.5 Å². The maximum atomic E-state index is 13.5. The van der Waals surface area contributed by atoms with Gasteiger partial charge in [0.05, 0.1) is 10.6 Å². The highest BCUT2D eigenvalue weighted by Gasteiger charge is 2.13. The van der Waals surface area contributed by atoms with Crippen LogP contribution in [0, 0.1) is 21.7 Å². The zero-order chi connectivity index (χ0) is 15.4. The molecule has 0 aliphatic heterocycles. The lowest BCUT2D eigenvalue weighted by Crippen LogP contribution is -2.20. The number of non-ortho nitro benzene ring substituents is 1. The van der Waals surface area contributed by atoms with Gasteiger partial charge in [0.1, 0.15) is 11.6 Å². The van der Waals surface area contributed by atoms with E-state index in [4.69, 9.17) is 0 Å². The summed E-state index contributed by atoms with van der Waals surface area (Å²) in [5, 5.41) is 15.1. The monoisotopic (exact) mass is 293 g/mol. The fraction of sp³-hybridized carbons (Fsp3) is 0. The van der Waals surface area contributed by atoms with Crippen molar-refractivity contribution in [1.82, 2.24) is 0 Å². The maximum absolute atomic E-state index is 13.5. The molecule has 0 aliphatic rings. The van der Waals surface area contributed by atoms with E-state index in [9.17, 15) is 23.7 Å². The molecule has 0 fully saturated rings. The van der Waals surface area contributed by atoms with Crippen molar-refractivity contribution in [3.8, 4) is 0 Å². The fourth-order valence-electron chi connectivity index (χ4n) is 1.54. The van der Waals surface area contributed by atoms with Gasteiger partial charge in [0, 0.05) is 17.8 Å². The van der Waals surface area contributed by atoms with Gasteiger partial charge in [-0.3, -0.25) is 10.1 Å². The first kappa shape index (κ1) is 14.4. The van der Waals surface area contributed by atoms with Crippen molar-refractivity contribution in [3.05, 3.63) is 64.2 Å². The third kappa shape index (κ3) is 3.72. The normalized spacial score (nSPS) is 10.0. The predicted octanol–water partition coefficient (Wildman–Crippen LogP) is 3.52. The van der Waals surface area contributed by atoms with Crippen LogP contribution in [0.4, 0.5) is 30.6 Å². The van der Waals surface area contributed by atoms with Gasteiger partial charge in [0.25, 0.3) is 5.69 Å². The zero-order valence-electron chi connectivity index (χ0n) is 10.5. The first-order chi connectivity index (χ1) is 9.95. The summed E-state index contributed by atoms with van der Waals surface area (Å²) in [6.45, 7) is 0.